The van der Waals surface area contributed by atoms with Crippen LogP contribution in [0.25, 0.3) is 0 Å². The van der Waals surface area contributed by atoms with Crippen molar-refractivity contribution in [1.29, 1.82) is 0 Å². The number of halogens is 1. The molecule has 0 aromatic heterocycles. The van der Waals surface area contributed by atoms with Gasteiger partial charge in [0.1, 0.15) is 5.00 Å². The van der Waals surface area contributed by atoms with Crippen LogP contribution in [0.4, 0.5) is 0 Å². The summed E-state index contributed by atoms with van der Waals surface area (Å²) in [4.78, 5) is 10.5. The third kappa shape index (κ3) is 3.87. The SMILES string of the molecule is CC(C)COC(=O)C1=CC(N)(Cl)CC(N)=C1. The van der Waals surface area contributed by atoms with Gasteiger partial charge >= 0.3 is 5.97 Å². The van der Waals surface area contributed by atoms with Gasteiger partial charge in [0, 0.05) is 12.1 Å². The molecule has 0 heterocycles. The number of rotatable bonds is 3. The lowest BCUT2D eigenvalue weighted by atomic mass is 10.0. The van der Waals surface area contributed by atoms with Crippen molar-refractivity contribution in [2.75, 3.05) is 6.61 Å². The fourth-order valence-corrected chi connectivity index (χ4v) is 1.63. The summed E-state index contributed by atoms with van der Waals surface area (Å²) in [7, 11) is 0. The van der Waals surface area contributed by atoms with E-state index < -0.39 is 11.0 Å². The molecular weight excluding hydrogens is 228 g/mol. The lowest BCUT2D eigenvalue weighted by Gasteiger charge is -2.23. The van der Waals surface area contributed by atoms with Crippen LogP contribution in [0.2, 0.25) is 0 Å². The van der Waals surface area contributed by atoms with Crippen LogP contribution < -0.4 is 11.5 Å². The van der Waals surface area contributed by atoms with Crippen LogP contribution in [0.5, 0.6) is 0 Å². The smallest absolute Gasteiger partial charge is 0.337 e. The van der Waals surface area contributed by atoms with Gasteiger partial charge in [-0.15, -0.1) is 0 Å². The van der Waals surface area contributed by atoms with Gasteiger partial charge in [-0.25, -0.2) is 4.79 Å². The largest absolute Gasteiger partial charge is 0.462 e. The molecule has 4 nitrogen and oxygen atoms in total. The zero-order valence-electron chi connectivity index (χ0n) is 9.50. The lowest BCUT2D eigenvalue weighted by molar-refractivity contribution is -0.139. The predicted molar refractivity (Wildman–Crippen MR) is 63.5 cm³/mol. The lowest BCUT2D eigenvalue weighted by Crippen LogP contribution is -2.35. The summed E-state index contributed by atoms with van der Waals surface area (Å²) in [6, 6.07) is 0. The Morgan fingerprint density at radius 1 is 1.69 bits per heavy atom. The highest BCUT2D eigenvalue weighted by Gasteiger charge is 2.27. The summed E-state index contributed by atoms with van der Waals surface area (Å²) in [6.45, 7) is 4.28. The highest BCUT2D eigenvalue weighted by Crippen LogP contribution is 2.26. The van der Waals surface area contributed by atoms with E-state index in [-0.39, 0.29) is 5.92 Å². The molecule has 0 spiro atoms. The van der Waals surface area contributed by atoms with Crippen LogP contribution >= 0.6 is 11.6 Å². The Bertz CT molecular complexity index is 346. The van der Waals surface area contributed by atoms with E-state index in [1.807, 2.05) is 13.8 Å². The maximum absolute atomic E-state index is 11.6. The molecular formula is C11H17ClN2O2. The third-order valence-electron chi connectivity index (χ3n) is 1.99. The highest BCUT2D eigenvalue weighted by molar-refractivity contribution is 6.25. The van der Waals surface area contributed by atoms with Gasteiger partial charge in [0.2, 0.25) is 0 Å². The summed E-state index contributed by atoms with van der Waals surface area (Å²) in [6.07, 6.45) is 3.36. The quantitative estimate of drug-likeness (QED) is 0.445. The van der Waals surface area contributed by atoms with Crippen molar-refractivity contribution in [3.05, 3.63) is 23.4 Å². The Morgan fingerprint density at radius 3 is 2.81 bits per heavy atom. The number of alkyl halides is 1. The van der Waals surface area contributed by atoms with Crippen molar-refractivity contribution in [3.8, 4) is 0 Å². The van der Waals surface area contributed by atoms with Crippen molar-refractivity contribution >= 4 is 17.6 Å². The zero-order valence-corrected chi connectivity index (χ0v) is 10.3. The average Bonchev–Trinajstić information content (AvgIpc) is 2.10. The molecule has 1 unspecified atom stereocenters. The van der Waals surface area contributed by atoms with Crippen molar-refractivity contribution < 1.29 is 9.53 Å². The Labute approximate surface area is 100 Å². The molecule has 1 rings (SSSR count). The molecule has 90 valence electrons. The van der Waals surface area contributed by atoms with E-state index in [1.165, 1.54) is 6.08 Å². The minimum absolute atomic E-state index is 0.285. The monoisotopic (exact) mass is 244 g/mol. The van der Waals surface area contributed by atoms with Gasteiger partial charge < -0.3 is 16.2 Å². The third-order valence-corrected chi connectivity index (χ3v) is 2.24. The molecule has 0 saturated heterocycles. The standard InChI is InChI=1S/C11H17ClN2O2/c1-7(2)6-16-10(15)8-3-9(13)5-11(12,14)4-8/h3-4,7H,5-6,13-14H2,1-2H3. The zero-order chi connectivity index (χ0) is 12.3. The number of carbonyl (C=O) groups excluding carboxylic acids is 1. The van der Waals surface area contributed by atoms with Gasteiger partial charge in [-0.1, -0.05) is 25.4 Å². The number of ether oxygens (including phenoxy) is 1. The Hall–Kier alpha value is -1.00. The van der Waals surface area contributed by atoms with E-state index in [2.05, 4.69) is 0 Å². The van der Waals surface area contributed by atoms with E-state index >= 15 is 0 Å². The minimum atomic E-state index is -1.09. The average molecular weight is 245 g/mol. The number of nitrogens with two attached hydrogens (primary N) is 2. The van der Waals surface area contributed by atoms with Gasteiger partial charge in [0.05, 0.1) is 12.2 Å². The molecule has 0 radical (unpaired) electrons. The second kappa shape index (κ2) is 4.89. The van der Waals surface area contributed by atoms with Crippen LogP contribution in [-0.4, -0.2) is 17.6 Å². The molecule has 1 aliphatic rings. The summed E-state index contributed by atoms with van der Waals surface area (Å²) >= 11 is 5.94. The van der Waals surface area contributed by atoms with E-state index in [4.69, 9.17) is 27.8 Å². The number of esters is 1. The van der Waals surface area contributed by atoms with E-state index in [1.54, 1.807) is 6.08 Å². The Morgan fingerprint density at radius 2 is 2.31 bits per heavy atom. The molecule has 5 heteroatoms. The van der Waals surface area contributed by atoms with Crippen molar-refractivity contribution in [2.45, 2.75) is 25.3 Å². The highest BCUT2D eigenvalue weighted by atomic mass is 35.5. The van der Waals surface area contributed by atoms with Crippen molar-refractivity contribution in [3.63, 3.8) is 0 Å². The maximum atomic E-state index is 11.6. The Balaban J connectivity index is 2.72. The number of carbonyl (C=O) groups is 1. The van der Waals surface area contributed by atoms with E-state index in [0.717, 1.165) is 0 Å². The van der Waals surface area contributed by atoms with Crippen LogP contribution in [0.3, 0.4) is 0 Å². The molecule has 1 aliphatic carbocycles. The van der Waals surface area contributed by atoms with Crippen molar-refractivity contribution in [2.24, 2.45) is 17.4 Å². The molecule has 0 bridgehead atoms. The number of hydrogen-bond acceptors (Lipinski definition) is 4. The second-order valence-electron chi connectivity index (χ2n) is 4.41. The van der Waals surface area contributed by atoms with Gasteiger partial charge in [-0.2, -0.15) is 0 Å². The molecule has 0 aliphatic heterocycles. The fraction of sp³-hybridized carbons (Fsp3) is 0.545. The van der Waals surface area contributed by atoms with E-state index in [0.29, 0.717) is 24.3 Å². The van der Waals surface area contributed by atoms with Gasteiger partial charge in [-0.05, 0) is 18.1 Å². The molecule has 0 amide bonds. The Kier molecular flexibility index (Phi) is 3.99. The summed E-state index contributed by atoms with van der Waals surface area (Å²) in [5, 5.41) is 0. The molecule has 0 aromatic rings. The first-order chi connectivity index (χ1) is 7.30. The minimum Gasteiger partial charge on any atom is -0.462 e. The first-order valence-corrected chi connectivity index (χ1v) is 5.52. The molecule has 4 N–H and O–H groups in total. The molecule has 0 fully saturated rings. The number of hydrogen-bond donors (Lipinski definition) is 2. The van der Waals surface area contributed by atoms with Crippen LogP contribution in [0, 0.1) is 5.92 Å². The summed E-state index contributed by atoms with van der Waals surface area (Å²) in [5.74, 6) is -0.153. The van der Waals surface area contributed by atoms with Crippen LogP contribution in [0.1, 0.15) is 20.3 Å². The first-order valence-electron chi connectivity index (χ1n) is 5.14. The second-order valence-corrected chi connectivity index (χ2v) is 5.12. The summed E-state index contributed by atoms with van der Waals surface area (Å²) in [5.41, 5.74) is 12.2. The van der Waals surface area contributed by atoms with Gasteiger partial charge in [0.25, 0.3) is 0 Å². The fourth-order valence-electron chi connectivity index (χ4n) is 1.36. The summed E-state index contributed by atoms with van der Waals surface area (Å²) < 4.78 is 5.06. The normalized spacial score (nSPS) is 25.1. The predicted octanol–water partition coefficient (Wildman–Crippen LogP) is 1.25. The topological polar surface area (TPSA) is 78.3 Å². The van der Waals surface area contributed by atoms with Crippen LogP contribution in [-0.2, 0) is 9.53 Å². The first kappa shape index (κ1) is 13.1. The molecule has 16 heavy (non-hydrogen) atoms. The van der Waals surface area contributed by atoms with Gasteiger partial charge in [-0.3, -0.25) is 0 Å². The van der Waals surface area contributed by atoms with Crippen LogP contribution in [0.15, 0.2) is 23.4 Å². The van der Waals surface area contributed by atoms with Gasteiger partial charge in [0.15, 0.2) is 0 Å². The molecule has 0 aromatic carbocycles. The van der Waals surface area contributed by atoms with E-state index in [9.17, 15) is 4.79 Å². The van der Waals surface area contributed by atoms with Crippen molar-refractivity contribution in [1.82, 2.24) is 0 Å². The molecule has 1 atom stereocenters. The molecule has 0 saturated carbocycles. The maximum Gasteiger partial charge on any atom is 0.337 e.